The highest BCUT2D eigenvalue weighted by Crippen LogP contribution is 2.25. The zero-order chi connectivity index (χ0) is 20.9. The van der Waals surface area contributed by atoms with Crippen LogP contribution in [-0.4, -0.2) is 36.7 Å². The molecule has 0 radical (unpaired) electrons. The second-order valence-electron chi connectivity index (χ2n) is 7.18. The molecule has 0 fully saturated rings. The lowest BCUT2D eigenvalue weighted by Gasteiger charge is -2.15. The van der Waals surface area contributed by atoms with E-state index in [-0.39, 0.29) is 11.9 Å². The first-order valence-corrected chi connectivity index (χ1v) is 10.2. The summed E-state index contributed by atoms with van der Waals surface area (Å²) < 4.78 is 1.81. The van der Waals surface area contributed by atoms with E-state index < -0.39 is 0 Å². The summed E-state index contributed by atoms with van der Waals surface area (Å²) in [7, 11) is 0. The lowest BCUT2D eigenvalue weighted by Crippen LogP contribution is -2.34. The maximum atomic E-state index is 13.1. The molecule has 0 spiro atoms. The Labute approximate surface area is 175 Å². The van der Waals surface area contributed by atoms with Crippen molar-refractivity contribution in [2.24, 2.45) is 0 Å². The Balaban J connectivity index is 1.82. The first kappa shape index (κ1) is 19.7. The summed E-state index contributed by atoms with van der Waals surface area (Å²) in [5, 5.41) is 8.38. The summed E-state index contributed by atoms with van der Waals surface area (Å²) in [5.41, 5.74) is 3.79. The molecule has 0 atom stereocenters. The summed E-state index contributed by atoms with van der Waals surface area (Å²) in [6, 6.07) is 9.64. The number of nitrogens with one attached hydrogen (secondary N) is 1. The van der Waals surface area contributed by atoms with E-state index >= 15 is 0 Å². The topological polar surface area (TPSA) is 85.6 Å². The molecule has 0 unspecified atom stereocenters. The van der Waals surface area contributed by atoms with Crippen LogP contribution in [0.15, 0.2) is 61.3 Å². The van der Waals surface area contributed by atoms with Crippen LogP contribution in [0.1, 0.15) is 42.6 Å². The van der Waals surface area contributed by atoms with Crippen molar-refractivity contribution in [3.63, 3.8) is 0 Å². The van der Waals surface area contributed by atoms with E-state index in [9.17, 15) is 4.79 Å². The monoisotopic (exact) mass is 400 g/mol. The van der Waals surface area contributed by atoms with Gasteiger partial charge in [0.1, 0.15) is 0 Å². The normalized spacial score (nSPS) is 11.2. The van der Waals surface area contributed by atoms with E-state index in [2.05, 4.69) is 34.2 Å². The van der Waals surface area contributed by atoms with Gasteiger partial charge in [0.15, 0.2) is 5.65 Å². The quantitative estimate of drug-likeness (QED) is 0.509. The number of carbonyl (C=O) groups is 1. The standard InChI is InChI=1S/C23H24N6O/c1-3-18(4-2)27-23(30)19-11-21(17-8-6-10-25-13-17)28-22-20(19)14-26-29(22)15-16-7-5-9-24-12-16/h5-14,18H,3-4,15H2,1-2H3,(H,27,30). The second kappa shape index (κ2) is 8.82. The number of nitrogens with zero attached hydrogens (tertiary/aromatic N) is 5. The fraction of sp³-hybridized carbons (Fsp3) is 0.261. The van der Waals surface area contributed by atoms with Crippen molar-refractivity contribution in [3.05, 3.63) is 72.4 Å². The SMILES string of the molecule is CCC(CC)NC(=O)c1cc(-c2cccnc2)nc2c1cnn2Cc1cccnc1. The molecule has 0 saturated heterocycles. The molecular weight excluding hydrogens is 376 g/mol. The fourth-order valence-electron chi connectivity index (χ4n) is 3.43. The first-order valence-electron chi connectivity index (χ1n) is 10.2. The van der Waals surface area contributed by atoms with E-state index in [1.807, 2.05) is 30.3 Å². The van der Waals surface area contributed by atoms with Gasteiger partial charge in [-0.25, -0.2) is 9.67 Å². The lowest BCUT2D eigenvalue weighted by atomic mass is 10.1. The predicted molar refractivity (Wildman–Crippen MR) is 116 cm³/mol. The van der Waals surface area contributed by atoms with Crippen molar-refractivity contribution in [2.75, 3.05) is 0 Å². The number of hydrogen-bond donors (Lipinski definition) is 1. The van der Waals surface area contributed by atoms with Gasteiger partial charge in [0, 0.05) is 36.4 Å². The summed E-state index contributed by atoms with van der Waals surface area (Å²) in [6.45, 7) is 4.67. The summed E-state index contributed by atoms with van der Waals surface area (Å²) >= 11 is 0. The smallest absolute Gasteiger partial charge is 0.252 e. The minimum atomic E-state index is -0.109. The van der Waals surface area contributed by atoms with E-state index in [1.54, 1.807) is 35.7 Å². The molecule has 0 bridgehead atoms. The van der Waals surface area contributed by atoms with Gasteiger partial charge in [0.05, 0.1) is 29.4 Å². The van der Waals surface area contributed by atoms with E-state index in [0.717, 1.165) is 29.4 Å². The Bertz CT molecular complexity index is 1140. The molecule has 1 amide bonds. The molecule has 7 nitrogen and oxygen atoms in total. The van der Waals surface area contributed by atoms with Gasteiger partial charge in [-0.1, -0.05) is 19.9 Å². The number of fused-ring (bicyclic) bond motifs is 1. The molecule has 152 valence electrons. The van der Waals surface area contributed by atoms with E-state index in [1.165, 1.54) is 0 Å². The van der Waals surface area contributed by atoms with Crippen molar-refractivity contribution in [1.29, 1.82) is 0 Å². The van der Waals surface area contributed by atoms with Crippen LogP contribution in [0.3, 0.4) is 0 Å². The van der Waals surface area contributed by atoms with Crippen LogP contribution in [0.5, 0.6) is 0 Å². The molecule has 0 aliphatic rings. The molecule has 7 heteroatoms. The van der Waals surface area contributed by atoms with Crippen molar-refractivity contribution in [1.82, 2.24) is 30.0 Å². The van der Waals surface area contributed by atoms with Crippen LogP contribution >= 0.6 is 0 Å². The van der Waals surface area contributed by atoms with Gasteiger partial charge in [-0.2, -0.15) is 5.10 Å². The van der Waals surface area contributed by atoms with Gasteiger partial charge in [0.2, 0.25) is 0 Å². The van der Waals surface area contributed by atoms with Crippen LogP contribution in [-0.2, 0) is 6.54 Å². The minimum Gasteiger partial charge on any atom is -0.349 e. The highest BCUT2D eigenvalue weighted by molar-refractivity contribution is 6.06. The number of pyridine rings is 3. The second-order valence-corrected chi connectivity index (χ2v) is 7.18. The Morgan fingerprint density at radius 3 is 2.50 bits per heavy atom. The molecule has 4 aromatic rings. The third kappa shape index (κ3) is 4.05. The van der Waals surface area contributed by atoms with Gasteiger partial charge in [-0.05, 0) is 42.7 Å². The largest absolute Gasteiger partial charge is 0.349 e. The van der Waals surface area contributed by atoms with Crippen molar-refractivity contribution in [3.8, 4) is 11.3 Å². The van der Waals surface area contributed by atoms with Gasteiger partial charge in [0.25, 0.3) is 5.91 Å². The lowest BCUT2D eigenvalue weighted by molar-refractivity contribution is 0.0936. The number of carbonyl (C=O) groups excluding carboxylic acids is 1. The van der Waals surface area contributed by atoms with Crippen molar-refractivity contribution < 1.29 is 4.79 Å². The number of hydrogen-bond acceptors (Lipinski definition) is 5. The highest BCUT2D eigenvalue weighted by Gasteiger charge is 2.19. The molecule has 4 aromatic heterocycles. The van der Waals surface area contributed by atoms with Gasteiger partial charge < -0.3 is 5.32 Å². The van der Waals surface area contributed by atoms with E-state index in [4.69, 9.17) is 4.98 Å². The average molecular weight is 400 g/mol. The molecule has 4 rings (SSSR count). The van der Waals surface area contributed by atoms with Gasteiger partial charge in [-0.15, -0.1) is 0 Å². The molecular formula is C23H24N6O. The Morgan fingerprint density at radius 2 is 1.83 bits per heavy atom. The zero-order valence-corrected chi connectivity index (χ0v) is 17.1. The van der Waals surface area contributed by atoms with Crippen LogP contribution in [0, 0.1) is 0 Å². The Kier molecular flexibility index (Phi) is 5.79. The van der Waals surface area contributed by atoms with Gasteiger partial charge in [-0.3, -0.25) is 14.8 Å². The Hall–Kier alpha value is -3.61. The highest BCUT2D eigenvalue weighted by atomic mass is 16.1. The molecule has 30 heavy (non-hydrogen) atoms. The predicted octanol–water partition coefficient (Wildman–Crippen LogP) is 3.86. The van der Waals surface area contributed by atoms with Gasteiger partial charge >= 0.3 is 0 Å². The molecule has 1 N–H and O–H groups in total. The molecule has 0 aromatic carbocycles. The first-order chi connectivity index (χ1) is 14.7. The van der Waals surface area contributed by atoms with Crippen molar-refractivity contribution >= 4 is 16.9 Å². The molecule has 0 aliphatic carbocycles. The molecule has 4 heterocycles. The number of rotatable bonds is 7. The third-order valence-electron chi connectivity index (χ3n) is 5.19. The number of amides is 1. The molecule has 0 saturated carbocycles. The van der Waals surface area contributed by atoms with Crippen LogP contribution in [0.2, 0.25) is 0 Å². The maximum Gasteiger partial charge on any atom is 0.252 e. The maximum absolute atomic E-state index is 13.1. The number of aromatic nitrogens is 5. The van der Waals surface area contributed by atoms with Crippen LogP contribution < -0.4 is 5.32 Å². The van der Waals surface area contributed by atoms with Crippen LogP contribution in [0.25, 0.3) is 22.3 Å². The van der Waals surface area contributed by atoms with Crippen molar-refractivity contribution in [2.45, 2.75) is 39.3 Å². The fourth-order valence-corrected chi connectivity index (χ4v) is 3.43. The van der Waals surface area contributed by atoms with E-state index in [0.29, 0.717) is 23.4 Å². The Morgan fingerprint density at radius 1 is 1.07 bits per heavy atom. The summed E-state index contributed by atoms with van der Waals surface area (Å²) in [6.07, 6.45) is 10.5. The summed E-state index contributed by atoms with van der Waals surface area (Å²) in [4.78, 5) is 26.3. The third-order valence-corrected chi connectivity index (χ3v) is 5.19. The zero-order valence-electron chi connectivity index (χ0n) is 17.1. The summed E-state index contributed by atoms with van der Waals surface area (Å²) in [5.74, 6) is -0.109. The average Bonchev–Trinajstić information content (AvgIpc) is 3.20. The minimum absolute atomic E-state index is 0.109. The molecule has 0 aliphatic heterocycles. The van der Waals surface area contributed by atoms with Crippen LogP contribution in [0.4, 0.5) is 0 Å².